The van der Waals surface area contributed by atoms with Gasteiger partial charge in [0.05, 0.1) is 19.2 Å². The largest absolute Gasteiger partial charge is 0.489 e. The van der Waals surface area contributed by atoms with Crippen molar-refractivity contribution in [3.8, 4) is 5.75 Å². The second-order valence-electron chi connectivity index (χ2n) is 5.46. The van der Waals surface area contributed by atoms with E-state index in [0.29, 0.717) is 13.2 Å². The maximum atomic E-state index is 11.8. The SMILES string of the molecule is Cc1ccccc1O[C@H](C)CNC(=O)N[C@H]1CCCOC1. The van der Waals surface area contributed by atoms with Gasteiger partial charge in [-0.25, -0.2) is 4.79 Å². The number of aryl methyl sites for hydroxylation is 1. The van der Waals surface area contributed by atoms with E-state index in [1.165, 1.54) is 0 Å². The van der Waals surface area contributed by atoms with Gasteiger partial charge in [0.1, 0.15) is 11.9 Å². The molecule has 0 radical (unpaired) electrons. The first kappa shape index (κ1) is 15.6. The van der Waals surface area contributed by atoms with Crippen LogP contribution in [-0.2, 0) is 4.74 Å². The number of hydrogen-bond donors (Lipinski definition) is 2. The van der Waals surface area contributed by atoms with E-state index in [4.69, 9.17) is 9.47 Å². The lowest BCUT2D eigenvalue weighted by molar-refractivity contribution is 0.0730. The molecule has 5 heteroatoms. The second kappa shape index (κ2) is 7.88. The lowest BCUT2D eigenvalue weighted by atomic mass is 10.1. The van der Waals surface area contributed by atoms with Crippen molar-refractivity contribution in [3.05, 3.63) is 29.8 Å². The van der Waals surface area contributed by atoms with Gasteiger partial charge >= 0.3 is 6.03 Å². The van der Waals surface area contributed by atoms with Gasteiger partial charge in [0, 0.05) is 6.61 Å². The third kappa shape index (κ3) is 5.27. The molecule has 116 valence electrons. The quantitative estimate of drug-likeness (QED) is 0.875. The highest BCUT2D eigenvalue weighted by Crippen LogP contribution is 2.17. The van der Waals surface area contributed by atoms with E-state index in [2.05, 4.69) is 10.6 Å². The Bertz CT molecular complexity index is 459. The third-order valence-electron chi connectivity index (χ3n) is 3.47. The molecule has 1 aliphatic heterocycles. The van der Waals surface area contributed by atoms with Crippen LogP contribution in [0.5, 0.6) is 5.75 Å². The Morgan fingerprint density at radius 2 is 2.29 bits per heavy atom. The molecular weight excluding hydrogens is 268 g/mol. The summed E-state index contributed by atoms with van der Waals surface area (Å²) in [5, 5.41) is 5.76. The van der Waals surface area contributed by atoms with E-state index >= 15 is 0 Å². The number of urea groups is 1. The Labute approximate surface area is 126 Å². The highest BCUT2D eigenvalue weighted by molar-refractivity contribution is 5.74. The molecule has 5 nitrogen and oxygen atoms in total. The molecule has 0 saturated carbocycles. The number of carbonyl (C=O) groups excluding carboxylic acids is 1. The fraction of sp³-hybridized carbons (Fsp3) is 0.562. The maximum absolute atomic E-state index is 11.8. The lowest BCUT2D eigenvalue weighted by Gasteiger charge is -2.24. The van der Waals surface area contributed by atoms with Crippen molar-refractivity contribution < 1.29 is 14.3 Å². The molecule has 0 aliphatic carbocycles. The number of nitrogens with one attached hydrogen (secondary N) is 2. The van der Waals surface area contributed by atoms with Crippen molar-refractivity contribution in [1.29, 1.82) is 0 Å². The zero-order chi connectivity index (χ0) is 15.1. The lowest BCUT2D eigenvalue weighted by Crippen LogP contribution is -2.47. The Hall–Kier alpha value is -1.75. The Morgan fingerprint density at radius 3 is 3.00 bits per heavy atom. The van der Waals surface area contributed by atoms with E-state index in [1.54, 1.807) is 0 Å². The molecule has 1 heterocycles. The van der Waals surface area contributed by atoms with Crippen molar-refractivity contribution in [2.45, 2.75) is 38.8 Å². The Balaban J connectivity index is 1.69. The maximum Gasteiger partial charge on any atom is 0.315 e. The van der Waals surface area contributed by atoms with Gasteiger partial charge in [-0.05, 0) is 38.3 Å². The molecule has 2 rings (SSSR count). The molecule has 0 unspecified atom stereocenters. The first-order valence-corrected chi connectivity index (χ1v) is 7.49. The summed E-state index contributed by atoms with van der Waals surface area (Å²) in [7, 11) is 0. The van der Waals surface area contributed by atoms with Crippen molar-refractivity contribution in [3.63, 3.8) is 0 Å². The zero-order valence-electron chi connectivity index (χ0n) is 12.7. The highest BCUT2D eigenvalue weighted by Gasteiger charge is 2.16. The summed E-state index contributed by atoms with van der Waals surface area (Å²) in [6.07, 6.45) is 1.89. The summed E-state index contributed by atoms with van der Waals surface area (Å²) in [6, 6.07) is 7.82. The molecule has 21 heavy (non-hydrogen) atoms. The molecule has 2 N–H and O–H groups in total. The number of hydrogen-bond acceptors (Lipinski definition) is 3. The average Bonchev–Trinajstić information content (AvgIpc) is 2.49. The minimum absolute atomic E-state index is 0.0838. The van der Waals surface area contributed by atoms with Crippen molar-refractivity contribution in [2.24, 2.45) is 0 Å². The molecule has 2 atom stereocenters. The number of amides is 2. The normalized spacial score (nSPS) is 19.6. The number of carbonyl (C=O) groups is 1. The van der Waals surface area contributed by atoms with E-state index in [1.807, 2.05) is 38.1 Å². The smallest absolute Gasteiger partial charge is 0.315 e. The standard InChI is InChI=1S/C16H24N2O3/c1-12-6-3-4-8-15(12)21-13(2)10-17-16(19)18-14-7-5-9-20-11-14/h3-4,6,8,13-14H,5,7,9-11H2,1-2H3,(H2,17,18,19)/t13-,14+/m1/s1. The summed E-state index contributed by atoms with van der Waals surface area (Å²) >= 11 is 0. The van der Waals surface area contributed by atoms with Crippen LogP contribution in [0.15, 0.2) is 24.3 Å². The number of para-hydroxylation sites is 1. The first-order chi connectivity index (χ1) is 10.1. The van der Waals surface area contributed by atoms with Crippen LogP contribution >= 0.6 is 0 Å². The summed E-state index contributed by atoms with van der Waals surface area (Å²) < 4.78 is 11.2. The molecule has 1 aromatic rings. The predicted octanol–water partition coefficient (Wildman–Crippen LogP) is 2.24. The van der Waals surface area contributed by atoms with Crippen LogP contribution in [0.1, 0.15) is 25.3 Å². The predicted molar refractivity (Wildman–Crippen MR) is 81.6 cm³/mol. The third-order valence-corrected chi connectivity index (χ3v) is 3.47. The van der Waals surface area contributed by atoms with Crippen LogP contribution in [0.4, 0.5) is 4.79 Å². The average molecular weight is 292 g/mol. The molecule has 0 spiro atoms. The number of benzene rings is 1. The number of rotatable bonds is 5. The molecule has 1 saturated heterocycles. The van der Waals surface area contributed by atoms with Gasteiger partial charge in [0.25, 0.3) is 0 Å². The van der Waals surface area contributed by atoms with Crippen molar-refractivity contribution >= 4 is 6.03 Å². The van der Waals surface area contributed by atoms with Crippen LogP contribution in [-0.4, -0.2) is 37.9 Å². The monoisotopic (exact) mass is 292 g/mol. The summed E-state index contributed by atoms with van der Waals surface area (Å²) in [4.78, 5) is 11.8. The highest BCUT2D eigenvalue weighted by atomic mass is 16.5. The Morgan fingerprint density at radius 1 is 1.48 bits per heavy atom. The van der Waals surface area contributed by atoms with Crippen molar-refractivity contribution in [2.75, 3.05) is 19.8 Å². The van der Waals surface area contributed by atoms with Crippen LogP contribution in [0.3, 0.4) is 0 Å². The minimum Gasteiger partial charge on any atom is -0.489 e. The first-order valence-electron chi connectivity index (χ1n) is 7.49. The molecule has 0 aromatic heterocycles. The molecule has 1 fully saturated rings. The molecule has 0 bridgehead atoms. The second-order valence-corrected chi connectivity index (χ2v) is 5.46. The fourth-order valence-corrected chi connectivity index (χ4v) is 2.27. The minimum atomic E-state index is -0.161. The van der Waals surface area contributed by atoms with E-state index < -0.39 is 0 Å². The van der Waals surface area contributed by atoms with Gasteiger partial charge in [-0.1, -0.05) is 18.2 Å². The zero-order valence-corrected chi connectivity index (χ0v) is 12.7. The van der Waals surface area contributed by atoms with Crippen molar-refractivity contribution in [1.82, 2.24) is 10.6 Å². The van der Waals surface area contributed by atoms with Crippen LogP contribution in [0, 0.1) is 6.92 Å². The van der Waals surface area contributed by atoms with Gasteiger partial charge < -0.3 is 20.1 Å². The topological polar surface area (TPSA) is 59.6 Å². The molecule has 2 amide bonds. The summed E-state index contributed by atoms with van der Waals surface area (Å²) in [6.45, 7) is 5.80. The van der Waals surface area contributed by atoms with Gasteiger partial charge in [0.2, 0.25) is 0 Å². The van der Waals surface area contributed by atoms with E-state index in [9.17, 15) is 4.79 Å². The Kier molecular flexibility index (Phi) is 5.87. The summed E-state index contributed by atoms with van der Waals surface area (Å²) in [5.74, 6) is 0.855. The van der Waals surface area contributed by atoms with Crippen LogP contribution < -0.4 is 15.4 Å². The summed E-state index contributed by atoms with van der Waals surface area (Å²) in [5.41, 5.74) is 1.09. The van der Waals surface area contributed by atoms with Gasteiger partial charge in [-0.3, -0.25) is 0 Å². The number of ether oxygens (including phenoxy) is 2. The van der Waals surface area contributed by atoms with Gasteiger partial charge in [0.15, 0.2) is 0 Å². The van der Waals surface area contributed by atoms with Gasteiger partial charge in [-0.15, -0.1) is 0 Å². The molecular formula is C16H24N2O3. The van der Waals surface area contributed by atoms with E-state index in [-0.39, 0.29) is 18.2 Å². The van der Waals surface area contributed by atoms with Gasteiger partial charge in [-0.2, -0.15) is 0 Å². The fourth-order valence-electron chi connectivity index (χ4n) is 2.27. The van der Waals surface area contributed by atoms with E-state index in [0.717, 1.165) is 30.8 Å². The van der Waals surface area contributed by atoms with Crippen LogP contribution in [0.25, 0.3) is 0 Å². The molecule has 1 aromatic carbocycles. The van der Waals surface area contributed by atoms with Crippen LogP contribution in [0.2, 0.25) is 0 Å². The molecule has 1 aliphatic rings.